The van der Waals surface area contributed by atoms with Crippen molar-refractivity contribution in [3.8, 4) is 0 Å². The fraction of sp³-hybridized carbons (Fsp3) is 0.0952. The third-order valence-electron chi connectivity index (χ3n) is 3.82. The van der Waals surface area contributed by atoms with E-state index in [2.05, 4.69) is 20.8 Å². The Morgan fingerprint density at radius 2 is 1.62 bits per heavy atom. The summed E-state index contributed by atoms with van der Waals surface area (Å²) in [5.41, 5.74) is 1.63. The molecule has 3 aromatic rings. The standard InChI is InChI=1S/C21H18N4O3S/c1-14(26)16-8-5-9-17(12-16)22-19(27)13-29-20-11-10-18(24-25-20)23-21(28)15-6-3-2-4-7-15/h2-12H,13H2,1H3,(H,22,27)(H,23,24,28). The zero-order chi connectivity index (χ0) is 20.6. The van der Waals surface area contributed by atoms with Crippen LogP contribution in [0.2, 0.25) is 0 Å². The quantitative estimate of drug-likeness (QED) is 0.459. The molecule has 0 unspecified atom stereocenters. The Morgan fingerprint density at radius 3 is 2.31 bits per heavy atom. The van der Waals surface area contributed by atoms with Gasteiger partial charge >= 0.3 is 0 Å². The van der Waals surface area contributed by atoms with E-state index in [0.717, 1.165) is 0 Å². The summed E-state index contributed by atoms with van der Waals surface area (Å²) in [6.07, 6.45) is 0. The van der Waals surface area contributed by atoms with E-state index in [-0.39, 0.29) is 23.4 Å². The number of thioether (sulfide) groups is 1. The topological polar surface area (TPSA) is 101 Å². The van der Waals surface area contributed by atoms with E-state index in [9.17, 15) is 14.4 Å². The molecule has 0 spiro atoms. The molecule has 0 aliphatic heterocycles. The Bertz CT molecular complexity index is 1020. The largest absolute Gasteiger partial charge is 0.325 e. The van der Waals surface area contributed by atoms with Crippen molar-refractivity contribution in [2.24, 2.45) is 0 Å². The van der Waals surface area contributed by atoms with Crippen LogP contribution in [-0.2, 0) is 4.79 Å². The first-order valence-electron chi connectivity index (χ1n) is 8.75. The first-order valence-corrected chi connectivity index (χ1v) is 9.73. The lowest BCUT2D eigenvalue weighted by Gasteiger charge is -2.07. The third kappa shape index (κ3) is 5.98. The minimum absolute atomic E-state index is 0.0646. The van der Waals surface area contributed by atoms with Gasteiger partial charge in [0.25, 0.3) is 5.91 Å². The second-order valence-electron chi connectivity index (χ2n) is 6.05. The molecule has 2 aromatic carbocycles. The van der Waals surface area contributed by atoms with Crippen LogP contribution in [0.25, 0.3) is 0 Å². The molecule has 0 atom stereocenters. The van der Waals surface area contributed by atoms with E-state index in [1.54, 1.807) is 60.7 Å². The van der Waals surface area contributed by atoms with Crippen LogP contribution >= 0.6 is 11.8 Å². The number of benzene rings is 2. The van der Waals surface area contributed by atoms with Crippen molar-refractivity contribution in [3.63, 3.8) is 0 Å². The number of ketones is 1. The average Bonchev–Trinajstić information content (AvgIpc) is 2.74. The maximum Gasteiger partial charge on any atom is 0.256 e. The minimum Gasteiger partial charge on any atom is -0.325 e. The molecule has 29 heavy (non-hydrogen) atoms. The number of rotatable bonds is 7. The Hall–Kier alpha value is -3.52. The number of Topliss-reactive ketones (excluding diaryl/α,β-unsaturated/α-hetero) is 1. The molecular weight excluding hydrogens is 388 g/mol. The lowest BCUT2D eigenvalue weighted by atomic mass is 10.1. The number of hydrogen-bond acceptors (Lipinski definition) is 6. The maximum atomic E-state index is 12.1. The SMILES string of the molecule is CC(=O)c1cccc(NC(=O)CSc2ccc(NC(=O)c3ccccc3)nn2)c1. The molecule has 1 heterocycles. The molecule has 8 heteroatoms. The first kappa shape index (κ1) is 20.2. The highest BCUT2D eigenvalue weighted by Gasteiger charge is 2.09. The summed E-state index contributed by atoms with van der Waals surface area (Å²) in [6.45, 7) is 1.47. The van der Waals surface area contributed by atoms with Crippen LogP contribution < -0.4 is 10.6 Å². The Kier molecular flexibility index (Phi) is 6.70. The number of amides is 2. The van der Waals surface area contributed by atoms with Gasteiger partial charge in [-0.3, -0.25) is 14.4 Å². The van der Waals surface area contributed by atoms with Crippen LogP contribution in [0.4, 0.5) is 11.5 Å². The molecule has 0 radical (unpaired) electrons. The van der Waals surface area contributed by atoms with Crippen molar-refractivity contribution in [1.29, 1.82) is 0 Å². The summed E-state index contributed by atoms with van der Waals surface area (Å²) in [5.74, 6) is -0.0975. The highest BCUT2D eigenvalue weighted by atomic mass is 32.2. The summed E-state index contributed by atoms with van der Waals surface area (Å²) < 4.78 is 0. The summed E-state index contributed by atoms with van der Waals surface area (Å²) in [5, 5.41) is 13.9. The van der Waals surface area contributed by atoms with Gasteiger partial charge in [0.15, 0.2) is 11.6 Å². The molecule has 7 nitrogen and oxygen atoms in total. The summed E-state index contributed by atoms with van der Waals surface area (Å²) in [4.78, 5) is 35.6. The molecular formula is C21H18N4O3S. The fourth-order valence-corrected chi connectivity index (χ4v) is 3.01. The van der Waals surface area contributed by atoms with Crippen LogP contribution in [0.3, 0.4) is 0 Å². The zero-order valence-corrected chi connectivity index (χ0v) is 16.4. The molecule has 0 saturated heterocycles. The number of anilines is 2. The van der Waals surface area contributed by atoms with Crippen LogP contribution in [0.5, 0.6) is 0 Å². The zero-order valence-electron chi connectivity index (χ0n) is 15.6. The Morgan fingerprint density at radius 1 is 0.862 bits per heavy atom. The second-order valence-corrected chi connectivity index (χ2v) is 7.05. The van der Waals surface area contributed by atoms with Crippen LogP contribution in [0.15, 0.2) is 71.8 Å². The molecule has 0 aliphatic rings. The van der Waals surface area contributed by atoms with Crippen molar-refractivity contribution in [2.45, 2.75) is 11.9 Å². The lowest BCUT2D eigenvalue weighted by Crippen LogP contribution is -2.15. The molecule has 1 aromatic heterocycles. The number of carbonyl (C=O) groups is 3. The van der Waals surface area contributed by atoms with Gasteiger partial charge in [0.1, 0.15) is 5.03 Å². The van der Waals surface area contributed by atoms with Crippen molar-refractivity contribution >= 4 is 40.9 Å². The van der Waals surface area contributed by atoms with E-state index in [4.69, 9.17) is 0 Å². The van der Waals surface area contributed by atoms with E-state index in [1.165, 1.54) is 18.7 Å². The van der Waals surface area contributed by atoms with Gasteiger partial charge < -0.3 is 10.6 Å². The highest BCUT2D eigenvalue weighted by molar-refractivity contribution is 7.99. The molecule has 3 rings (SSSR count). The normalized spacial score (nSPS) is 10.2. The molecule has 2 N–H and O–H groups in total. The van der Waals surface area contributed by atoms with Crippen LogP contribution in [-0.4, -0.2) is 33.5 Å². The Balaban J connectivity index is 1.51. The number of hydrogen-bond donors (Lipinski definition) is 2. The number of nitrogens with one attached hydrogen (secondary N) is 2. The van der Waals surface area contributed by atoms with Gasteiger partial charge in [0.2, 0.25) is 5.91 Å². The van der Waals surface area contributed by atoms with Gasteiger partial charge in [-0.25, -0.2) is 0 Å². The molecule has 146 valence electrons. The summed E-state index contributed by atoms with van der Waals surface area (Å²) in [7, 11) is 0. The number of carbonyl (C=O) groups excluding carboxylic acids is 3. The third-order valence-corrected chi connectivity index (χ3v) is 4.74. The molecule has 0 bridgehead atoms. The Labute approximate surface area is 171 Å². The van der Waals surface area contributed by atoms with Crippen molar-refractivity contribution < 1.29 is 14.4 Å². The van der Waals surface area contributed by atoms with Crippen molar-refractivity contribution in [1.82, 2.24) is 10.2 Å². The second kappa shape index (κ2) is 9.61. The highest BCUT2D eigenvalue weighted by Crippen LogP contribution is 2.17. The predicted octanol–water partition coefficient (Wildman–Crippen LogP) is 3.66. The van der Waals surface area contributed by atoms with Gasteiger partial charge in [-0.1, -0.05) is 42.1 Å². The van der Waals surface area contributed by atoms with E-state index in [1.807, 2.05) is 6.07 Å². The van der Waals surface area contributed by atoms with Crippen LogP contribution in [0, 0.1) is 0 Å². The maximum absolute atomic E-state index is 12.1. The smallest absolute Gasteiger partial charge is 0.256 e. The van der Waals surface area contributed by atoms with Gasteiger partial charge in [-0.2, -0.15) is 0 Å². The fourth-order valence-electron chi connectivity index (χ4n) is 2.39. The van der Waals surface area contributed by atoms with Crippen molar-refractivity contribution in [3.05, 3.63) is 77.9 Å². The van der Waals surface area contributed by atoms with E-state index >= 15 is 0 Å². The van der Waals surface area contributed by atoms with Crippen molar-refractivity contribution in [2.75, 3.05) is 16.4 Å². The summed E-state index contributed by atoms with van der Waals surface area (Å²) >= 11 is 1.22. The minimum atomic E-state index is -0.271. The van der Waals surface area contributed by atoms with Gasteiger partial charge in [-0.05, 0) is 43.3 Å². The number of aromatic nitrogens is 2. The van der Waals surface area contributed by atoms with E-state index < -0.39 is 0 Å². The molecule has 0 aliphatic carbocycles. The summed E-state index contributed by atoms with van der Waals surface area (Å²) in [6, 6.07) is 18.9. The predicted molar refractivity (Wildman–Crippen MR) is 112 cm³/mol. The van der Waals surface area contributed by atoms with Gasteiger partial charge in [0, 0.05) is 16.8 Å². The average molecular weight is 406 g/mol. The monoisotopic (exact) mass is 406 g/mol. The molecule has 0 fully saturated rings. The molecule has 2 amide bonds. The molecule has 0 saturated carbocycles. The van der Waals surface area contributed by atoms with E-state index in [0.29, 0.717) is 27.7 Å². The first-order chi connectivity index (χ1) is 14.0. The van der Waals surface area contributed by atoms with Gasteiger partial charge in [-0.15, -0.1) is 10.2 Å². The lowest BCUT2D eigenvalue weighted by molar-refractivity contribution is -0.113. The number of nitrogens with zero attached hydrogens (tertiary/aromatic N) is 2. The van der Waals surface area contributed by atoms with Gasteiger partial charge in [0.05, 0.1) is 5.75 Å². The van der Waals surface area contributed by atoms with Crippen LogP contribution in [0.1, 0.15) is 27.6 Å².